The number of rotatable bonds is 5. The molecule has 0 aromatic heterocycles. The molecule has 3 aromatic carbocycles. The van der Waals surface area contributed by atoms with Crippen molar-refractivity contribution < 1.29 is 9.18 Å². The zero-order valence-electron chi connectivity index (χ0n) is 19.6. The number of carbonyl (C=O) groups excluding carboxylic acids is 1. The van der Waals surface area contributed by atoms with E-state index in [4.69, 9.17) is 0 Å². The number of benzene rings is 3. The third kappa shape index (κ3) is 4.98. The van der Waals surface area contributed by atoms with Gasteiger partial charge in [0.25, 0.3) is 0 Å². The third-order valence-electron chi connectivity index (χ3n) is 6.71. The summed E-state index contributed by atoms with van der Waals surface area (Å²) in [5, 5.41) is 7.02. The predicted molar refractivity (Wildman–Crippen MR) is 138 cm³/mol. The number of halogens is 1. The minimum absolute atomic E-state index is 0.0323. The highest BCUT2D eigenvalue weighted by Crippen LogP contribution is 2.35. The molecule has 34 heavy (non-hydrogen) atoms. The number of nitrogens with zero attached hydrogens (tertiary/aromatic N) is 1. The van der Waals surface area contributed by atoms with Crippen molar-refractivity contribution in [2.24, 2.45) is 0 Å². The van der Waals surface area contributed by atoms with E-state index in [0.717, 1.165) is 47.8 Å². The molecule has 1 fully saturated rings. The summed E-state index contributed by atoms with van der Waals surface area (Å²) < 4.78 is 13.3. The Balaban J connectivity index is 1.29. The smallest absolute Gasteiger partial charge is 0.241 e. The van der Waals surface area contributed by atoms with Crippen LogP contribution in [0.2, 0.25) is 0 Å². The molecular weight excluding hydrogens is 445 g/mol. The van der Waals surface area contributed by atoms with E-state index < -0.39 is 0 Å². The van der Waals surface area contributed by atoms with Crippen LogP contribution in [0, 0.1) is 5.82 Å². The lowest BCUT2D eigenvalue weighted by atomic mass is 10.0. The number of fused-ring (bicyclic) bond motifs is 2. The van der Waals surface area contributed by atoms with Crippen LogP contribution in [0.1, 0.15) is 31.4 Å². The highest BCUT2D eigenvalue weighted by Gasteiger charge is 2.38. The lowest BCUT2D eigenvalue weighted by Gasteiger charge is -2.27. The zero-order chi connectivity index (χ0) is 23.7. The number of carbonyl (C=O) groups is 1. The Morgan fingerprint density at radius 1 is 1.03 bits per heavy atom. The largest absolute Gasteiger partial charge is 0.355 e. The van der Waals surface area contributed by atoms with Crippen LogP contribution >= 0.6 is 11.8 Å². The van der Waals surface area contributed by atoms with Gasteiger partial charge in [-0.15, -0.1) is 11.8 Å². The summed E-state index contributed by atoms with van der Waals surface area (Å²) in [4.78, 5) is 16.7. The SMILES string of the molecule is CC(C)N1C[C@H](Sc2ccc(F)cc2)C[C@H]1C(=O)Nc1ccc2c(c1)Nc1ccccc1CC2. The molecule has 2 heterocycles. The maximum Gasteiger partial charge on any atom is 0.241 e. The molecule has 0 bridgehead atoms. The van der Waals surface area contributed by atoms with E-state index in [9.17, 15) is 9.18 Å². The van der Waals surface area contributed by atoms with Gasteiger partial charge in [0.1, 0.15) is 5.82 Å². The fourth-order valence-corrected chi connectivity index (χ4v) is 6.13. The average Bonchev–Trinajstić information content (AvgIpc) is 3.16. The number of thioether (sulfide) groups is 1. The maximum absolute atomic E-state index is 13.4. The number of likely N-dealkylation sites (tertiary alicyclic amines) is 1. The van der Waals surface area contributed by atoms with Crippen LogP contribution < -0.4 is 10.6 Å². The lowest BCUT2D eigenvalue weighted by molar-refractivity contribution is -0.120. The monoisotopic (exact) mass is 475 g/mol. The first-order valence-corrected chi connectivity index (χ1v) is 12.8. The van der Waals surface area contributed by atoms with Crippen LogP contribution in [0.5, 0.6) is 0 Å². The van der Waals surface area contributed by atoms with Crippen LogP contribution in [-0.2, 0) is 17.6 Å². The van der Waals surface area contributed by atoms with Gasteiger partial charge in [-0.25, -0.2) is 4.39 Å². The van der Waals surface area contributed by atoms with Crippen LogP contribution in [-0.4, -0.2) is 34.7 Å². The Hall–Kier alpha value is -2.83. The molecule has 2 aliphatic rings. The molecule has 0 unspecified atom stereocenters. The number of aryl methyl sites for hydroxylation is 2. The Kier molecular flexibility index (Phi) is 6.61. The van der Waals surface area contributed by atoms with Gasteiger partial charge in [-0.3, -0.25) is 9.69 Å². The zero-order valence-corrected chi connectivity index (χ0v) is 20.4. The number of hydrogen-bond acceptors (Lipinski definition) is 4. The second-order valence-corrected chi connectivity index (χ2v) is 10.8. The van der Waals surface area contributed by atoms with Gasteiger partial charge in [-0.2, -0.15) is 0 Å². The van der Waals surface area contributed by atoms with E-state index in [1.54, 1.807) is 11.8 Å². The summed E-state index contributed by atoms with van der Waals surface area (Å²) in [6.45, 7) is 5.10. The Morgan fingerprint density at radius 3 is 2.53 bits per heavy atom. The summed E-state index contributed by atoms with van der Waals surface area (Å²) in [7, 11) is 0. The topological polar surface area (TPSA) is 44.4 Å². The van der Waals surface area contributed by atoms with Crippen LogP contribution in [0.15, 0.2) is 71.6 Å². The molecule has 3 aromatic rings. The number of para-hydroxylation sites is 1. The molecule has 2 aliphatic heterocycles. The van der Waals surface area contributed by atoms with Crippen molar-refractivity contribution in [2.45, 2.75) is 55.3 Å². The average molecular weight is 476 g/mol. The second kappa shape index (κ2) is 9.80. The summed E-state index contributed by atoms with van der Waals surface area (Å²) in [5.74, 6) is -0.194. The molecule has 0 spiro atoms. The highest BCUT2D eigenvalue weighted by atomic mass is 32.2. The molecule has 1 amide bonds. The fraction of sp³-hybridized carbons (Fsp3) is 0.321. The van der Waals surface area contributed by atoms with E-state index in [-0.39, 0.29) is 29.1 Å². The van der Waals surface area contributed by atoms with E-state index in [2.05, 4.69) is 59.7 Å². The summed E-state index contributed by atoms with van der Waals surface area (Å²) in [6, 6.07) is 21.3. The number of hydrogen-bond donors (Lipinski definition) is 2. The molecule has 176 valence electrons. The molecule has 5 rings (SSSR count). The molecule has 6 heteroatoms. The highest BCUT2D eigenvalue weighted by molar-refractivity contribution is 8.00. The van der Waals surface area contributed by atoms with E-state index in [1.165, 1.54) is 23.3 Å². The van der Waals surface area contributed by atoms with Crippen molar-refractivity contribution in [3.8, 4) is 0 Å². The van der Waals surface area contributed by atoms with Crippen molar-refractivity contribution in [3.63, 3.8) is 0 Å². The van der Waals surface area contributed by atoms with Crippen molar-refractivity contribution >= 4 is 34.7 Å². The van der Waals surface area contributed by atoms with Crippen LogP contribution in [0.3, 0.4) is 0 Å². The van der Waals surface area contributed by atoms with E-state index in [0.29, 0.717) is 0 Å². The number of nitrogens with one attached hydrogen (secondary N) is 2. The minimum atomic E-state index is -0.226. The van der Waals surface area contributed by atoms with Gasteiger partial charge >= 0.3 is 0 Å². The molecule has 0 radical (unpaired) electrons. The Bertz CT molecular complexity index is 1180. The van der Waals surface area contributed by atoms with Gasteiger partial charge in [0, 0.05) is 39.8 Å². The van der Waals surface area contributed by atoms with Gasteiger partial charge < -0.3 is 10.6 Å². The minimum Gasteiger partial charge on any atom is -0.355 e. The fourth-order valence-electron chi connectivity index (χ4n) is 4.93. The normalized spacial score (nSPS) is 19.8. The predicted octanol–water partition coefficient (Wildman–Crippen LogP) is 6.25. The van der Waals surface area contributed by atoms with Gasteiger partial charge in [-0.1, -0.05) is 24.3 Å². The number of amides is 1. The van der Waals surface area contributed by atoms with E-state index >= 15 is 0 Å². The molecule has 1 saturated heterocycles. The molecular formula is C28H30FN3OS. The second-order valence-electron chi connectivity index (χ2n) is 9.38. The molecule has 2 atom stereocenters. The van der Waals surface area contributed by atoms with Crippen LogP contribution in [0.4, 0.5) is 21.5 Å². The first kappa shape index (κ1) is 22.9. The Morgan fingerprint density at radius 2 is 1.76 bits per heavy atom. The van der Waals surface area contributed by atoms with Crippen molar-refractivity contribution in [3.05, 3.63) is 83.7 Å². The summed E-state index contributed by atoms with van der Waals surface area (Å²) in [6.07, 6.45) is 2.74. The quantitative estimate of drug-likeness (QED) is 0.458. The third-order valence-corrected chi connectivity index (χ3v) is 7.93. The van der Waals surface area contributed by atoms with E-state index in [1.807, 2.05) is 24.3 Å². The van der Waals surface area contributed by atoms with Crippen molar-refractivity contribution in [2.75, 3.05) is 17.2 Å². The summed E-state index contributed by atoms with van der Waals surface area (Å²) in [5.41, 5.74) is 5.57. The van der Waals surface area contributed by atoms with Gasteiger partial charge in [0.05, 0.1) is 6.04 Å². The van der Waals surface area contributed by atoms with Gasteiger partial charge in [0.2, 0.25) is 5.91 Å². The maximum atomic E-state index is 13.4. The Labute approximate surface area is 204 Å². The van der Waals surface area contributed by atoms with Crippen LogP contribution in [0.25, 0.3) is 0 Å². The molecule has 0 saturated carbocycles. The lowest BCUT2D eigenvalue weighted by Crippen LogP contribution is -2.43. The van der Waals surface area contributed by atoms with Crippen molar-refractivity contribution in [1.29, 1.82) is 0 Å². The molecule has 2 N–H and O–H groups in total. The van der Waals surface area contributed by atoms with Gasteiger partial charge in [0.15, 0.2) is 0 Å². The first-order chi connectivity index (χ1) is 16.5. The van der Waals surface area contributed by atoms with Gasteiger partial charge in [-0.05, 0) is 86.7 Å². The standard InChI is InChI=1S/C28H30FN3OS/c1-18(2)32-17-24(34-23-13-10-21(29)11-14-23)16-27(32)28(33)30-22-12-9-20-8-7-19-5-3-4-6-25(19)31-26(20)15-22/h3-6,9-15,18,24,27,31H,7-8,16-17H2,1-2H3,(H,30,33)/t24-,27+/m1/s1. The van der Waals surface area contributed by atoms with Crippen molar-refractivity contribution in [1.82, 2.24) is 4.90 Å². The molecule has 0 aliphatic carbocycles. The molecule has 4 nitrogen and oxygen atoms in total. The summed E-state index contributed by atoms with van der Waals surface area (Å²) >= 11 is 1.72. The first-order valence-electron chi connectivity index (χ1n) is 11.9. The number of anilines is 3.